The van der Waals surface area contributed by atoms with Gasteiger partial charge in [0.05, 0.1) is 0 Å². The highest BCUT2D eigenvalue weighted by Crippen LogP contribution is 2.20. The van der Waals surface area contributed by atoms with Gasteiger partial charge in [-0.3, -0.25) is 0 Å². The minimum absolute atomic E-state index is 0.963. The summed E-state index contributed by atoms with van der Waals surface area (Å²) in [5, 5.41) is 0. The fraction of sp³-hybridized carbons (Fsp3) is 1.00. The summed E-state index contributed by atoms with van der Waals surface area (Å²) in [6, 6.07) is 0. The molecule has 0 aliphatic rings. The lowest BCUT2D eigenvalue weighted by Crippen LogP contribution is -1.95. The standard InChI is InChI=1S/C39H80/c1-5-7-9-10-11-12-13-14-15-16-17-18-19-20-21-22-23-25-28-32-36-39(4)37-33-30-27-24-26-29-31-35-38(3)34-8-6-2/h38-39H,5-37H2,1-4H3. The minimum Gasteiger partial charge on any atom is -0.0654 e. The van der Waals surface area contributed by atoms with Gasteiger partial charge in [0.1, 0.15) is 0 Å². The van der Waals surface area contributed by atoms with Crippen LogP contribution in [0.15, 0.2) is 0 Å². The van der Waals surface area contributed by atoms with E-state index in [0.29, 0.717) is 0 Å². The van der Waals surface area contributed by atoms with E-state index in [9.17, 15) is 0 Å². The van der Waals surface area contributed by atoms with Gasteiger partial charge in [-0.15, -0.1) is 0 Å². The summed E-state index contributed by atoms with van der Waals surface area (Å²) in [5.74, 6) is 1.93. The van der Waals surface area contributed by atoms with Crippen molar-refractivity contribution in [2.75, 3.05) is 0 Å². The van der Waals surface area contributed by atoms with Gasteiger partial charge in [0.15, 0.2) is 0 Å². The molecule has 0 aliphatic carbocycles. The zero-order chi connectivity index (χ0) is 28.5. The van der Waals surface area contributed by atoms with Crippen molar-refractivity contribution in [2.45, 2.75) is 240 Å². The van der Waals surface area contributed by atoms with Crippen molar-refractivity contribution in [3.63, 3.8) is 0 Å². The maximum absolute atomic E-state index is 2.51. The lowest BCUT2D eigenvalue weighted by molar-refractivity contribution is 0.425. The van der Waals surface area contributed by atoms with Crippen LogP contribution in [0.1, 0.15) is 240 Å². The molecule has 0 aromatic carbocycles. The Kier molecular flexibility index (Phi) is 34.2. The quantitative estimate of drug-likeness (QED) is 0.0701. The number of rotatable bonds is 34. The Hall–Kier alpha value is 0. The van der Waals surface area contributed by atoms with E-state index in [2.05, 4.69) is 27.7 Å². The third-order valence-corrected chi connectivity index (χ3v) is 9.49. The van der Waals surface area contributed by atoms with E-state index in [0.717, 1.165) is 11.8 Å². The summed E-state index contributed by atoms with van der Waals surface area (Å²) in [5.41, 5.74) is 0. The van der Waals surface area contributed by atoms with E-state index in [1.807, 2.05) is 0 Å². The lowest BCUT2D eigenvalue weighted by Gasteiger charge is -2.11. The van der Waals surface area contributed by atoms with Gasteiger partial charge >= 0.3 is 0 Å². The van der Waals surface area contributed by atoms with Gasteiger partial charge < -0.3 is 0 Å². The summed E-state index contributed by atoms with van der Waals surface area (Å²) in [6.07, 6.45) is 48.6. The van der Waals surface area contributed by atoms with E-state index in [-0.39, 0.29) is 0 Å². The molecule has 0 amide bonds. The normalized spacial score (nSPS) is 13.2. The summed E-state index contributed by atoms with van der Waals surface area (Å²) in [7, 11) is 0. The predicted octanol–water partition coefficient (Wildman–Crippen LogP) is 15.2. The number of hydrogen-bond donors (Lipinski definition) is 0. The van der Waals surface area contributed by atoms with Crippen LogP contribution in [-0.4, -0.2) is 0 Å². The van der Waals surface area contributed by atoms with E-state index < -0.39 is 0 Å². The van der Waals surface area contributed by atoms with Gasteiger partial charge in [-0.25, -0.2) is 0 Å². The second-order valence-electron chi connectivity index (χ2n) is 13.9. The molecule has 0 aliphatic heterocycles. The zero-order valence-electron chi connectivity index (χ0n) is 28.5. The van der Waals surface area contributed by atoms with Crippen LogP contribution >= 0.6 is 0 Å². The van der Waals surface area contributed by atoms with Crippen LogP contribution < -0.4 is 0 Å². The van der Waals surface area contributed by atoms with E-state index >= 15 is 0 Å². The van der Waals surface area contributed by atoms with Crippen LogP contribution in [0.3, 0.4) is 0 Å². The first-order valence-corrected chi connectivity index (χ1v) is 19.2. The monoisotopic (exact) mass is 549 g/mol. The third kappa shape index (κ3) is 34.1. The Morgan fingerprint density at radius 3 is 0.641 bits per heavy atom. The molecule has 2 unspecified atom stereocenters. The van der Waals surface area contributed by atoms with Crippen molar-refractivity contribution < 1.29 is 0 Å². The molecule has 0 bridgehead atoms. The smallest absolute Gasteiger partial charge is 0.0443 e. The second-order valence-corrected chi connectivity index (χ2v) is 13.9. The summed E-state index contributed by atoms with van der Waals surface area (Å²) in [6.45, 7) is 9.59. The van der Waals surface area contributed by atoms with E-state index in [1.165, 1.54) is 212 Å². The zero-order valence-corrected chi connectivity index (χ0v) is 28.5. The molecule has 0 heterocycles. The first-order chi connectivity index (χ1) is 19.2. The SMILES string of the molecule is CCCCCCCCCCCCCCCCCCCCCCC(C)CCCCCCCCCC(C)CCCC. The highest BCUT2D eigenvalue weighted by Gasteiger charge is 2.03. The van der Waals surface area contributed by atoms with Crippen molar-refractivity contribution in [1.82, 2.24) is 0 Å². The van der Waals surface area contributed by atoms with Gasteiger partial charge in [0, 0.05) is 0 Å². The highest BCUT2D eigenvalue weighted by molar-refractivity contribution is 4.57. The molecule has 2 atom stereocenters. The Morgan fingerprint density at radius 2 is 0.410 bits per heavy atom. The third-order valence-electron chi connectivity index (χ3n) is 9.49. The molecule has 236 valence electrons. The number of hydrogen-bond acceptors (Lipinski definition) is 0. The largest absolute Gasteiger partial charge is 0.0654 e. The summed E-state index contributed by atoms with van der Waals surface area (Å²) in [4.78, 5) is 0. The first-order valence-electron chi connectivity index (χ1n) is 19.2. The molecule has 0 saturated carbocycles. The van der Waals surface area contributed by atoms with Gasteiger partial charge in [-0.1, -0.05) is 240 Å². The van der Waals surface area contributed by atoms with Crippen LogP contribution in [0, 0.1) is 11.8 Å². The number of unbranched alkanes of at least 4 members (excludes halogenated alkanes) is 26. The molecule has 0 N–H and O–H groups in total. The van der Waals surface area contributed by atoms with Gasteiger partial charge in [0.2, 0.25) is 0 Å². The van der Waals surface area contributed by atoms with Crippen molar-refractivity contribution >= 4 is 0 Å². The molecular formula is C39H80. The average Bonchev–Trinajstić information content (AvgIpc) is 2.94. The van der Waals surface area contributed by atoms with E-state index in [4.69, 9.17) is 0 Å². The van der Waals surface area contributed by atoms with Gasteiger partial charge in [0.25, 0.3) is 0 Å². The fourth-order valence-corrected chi connectivity index (χ4v) is 6.46. The van der Waals surface area contributed by atoms with Crippen LogP contribution in [0.4, 0.5) is 0 Å². The topological polar surface area (TPSA) is 0 Å². The molecule has 0 spiro atoms. The molecule has 0 fully saturated rings. The van der Waals surface area contributed by atoms with E-state index in [1.54, 1.807) is 0 Å². The highest BCUT2D eigenvalue weighted by atomic mass is 14.1. The van der Waals surface area contributed by atoms with Crippen LogP contribution in [-0.2, 0) is 0 Å². The first kappa shape index (κ1) is 39.0. The molecule has 0 rings (SSSR count). The van der Waals surface area contributed by atoms with Crippen LogP contribution in [0.25, 0.3) is 0 Å². The van der Waals surface area contributed by atoms with Gasteiger partial charge in [-0.05, 0) is 11.8 Å². The summed E-state index contributed by atoms with van der Waals surface area (Å²) >= 11 is 0. The molecule has 0 nitrogen and oxygen atoms in total. The molecule has 39 heavy (non-hydrogen) atoms. The molecular weight excluding hydrogens is 468 g/mol. The van der Waals surface area contributed by atoms with Crippen molar-refractivity contribution in [3.8, 4) is 0 Å². The van der Waals surface area contributed by atoms with Gasteiger partial charge in [-0.2, -0.15) is 0 Å². The minimum atomic E-state index is 0.963. The maximum Gasteiger partial charge on any atom is -0.0443 e. The molecule has 0 aromatic rings. The van der Waals surface area contributed by atoms with Crippen molar-refractivity contribution in [2.24, 2.45) is 11.8 Å². The molecule has 0 heteroatoms. The molecule has 0 radical (unpaired) electrons. The van der Waals surface area contributed by atoms with Crippen LogP contribution in [0.5, 0.6) is 0 Å². The van der Waals surface area contributed by atoms with Crippen molar-refractivity contribution in [1.29, 1.82) is 0 Å². The Bertz CT molecular complexity index is 412. The van der Waals surface area contributed by atoms with Crippen molar-refractivity contribution in [3.05, 3.63) is 0 Å². The Morgan fingerprint density at radius 1 is 0.231 bits per heavy atom. The molecule has 0 saturated heterocycles. The summed E-state index contributed by atoms with van der Waals surface area (Å²) < 4.78 is 0. The second kappa shape index (κ2) is 34.2. The lowest BCUT2D eigenvalue weighted by atomic mass is 9.95. The predicted molar refractivity (Wildman–Crippen MR) is 182 cm³/mol. The maximum atomic E-state index is 2.51. The average molecular weight is 549 g/mol. The molecule has 0 aromatic heterocycles. The Labute approximate surface area is 251 Å². The fourth-order valence-electron chi connectivity index (χ4n) is 6.46. The van der Waals surface area contributed by atoms with Crippen LogP contribution in [0.2, 0.25) is 0 Å². The Balaban J connectivity index is 3.16.